The molecule has 2 rings (SSSR count). The van der Waals surface area contributed by atoms with E-state index in [1.807, 2.05) is 19.1 Å². The number of nitrogens with zero attached hydrogens (tertiary/aromatic N) is 1. The highest BCUT2D eigenvalue weighted by atomic mass is 16.4. The average molecular weight is 205 g/mol. The first-order chi connectivity index (χ1) is 7.14. The van der Waals surface area contributed by atoms with E-state index in [-0.39, 0.29) is 11.8 Å². The fraction of sp³-hybridized carbons (Fsp3) is 0.500. The van der Waals surface area contributed by atoms with Gasteiger partial charge in [-0.25, -0.2) is 0 Å². The van der Waals surface area contributed by atoms with Crippen molar-refractivity contribution in [3.63, 3.8) is 0 Å². The first-order valence-electron chi connectivity index (χ1n) is 5.28. The number of hydrogen-bond acceptors (Lipinski definition) is 2. The van der Waals surface area contributed by atoms with Crippen molar-refractivity contribution in [3.05, 3.63) is 29.6 Å². The highest BCUT2D eigenvalue weighted by Gasteiger charge is 2.41. The molecule has 1 saturated carbocycles. The van der Waals surface area contributed by atoms with Crippen LogP contribution in [-0.2, 0) is 10.2 Å². The van der Waals surface area contributed by atoms with Gasteiger partial charge in [0.2, 0.25) is 0 Å². The lowest BCUT2D eigenvalue weighted by molar-refractivity contribution is -0.139. The number of carbonyl (C=O) groups is 1. The van der Waals surface area contributed by atoms with Crippen LogP contribution in [0.15, 0.2) is 18.3 Å². The third-order valence-corrected chi connectivity index (χ3v) is 3.38. The maximum absolute atomic E-state index is 10.9. The summed E-state index contributed by atoms with van der Waals surface area (Å²) in [7, 11) is 0. The molecule has 1 heterocycles. The van der Waals surface area contributed by atoms with Crippen LogP contribution >= 0.6 is 0 Å². The van der Waals surface area contributed by atoms with Gasteiger partial charge in [0, 0.05) is 17.3 Å². The summed E-state index contributed by atoms with van der Waals surface area (Å²) in [4.78, 5) is 15.1. The molecule has 0 spiro atoms. The van der Waals surface area contributed by atoms with Crippen molar-refractivity contribution in [2.24, 2.45) is 0 Å². The Morgan fingerprint density at radius 3 is 2.80 bits per heavy atom. The third kappa shape index (κ3) is 1.74. The molecule has 0 radical (unpaired) electrons. The normalized spacial score (nSPS) is 18.2. The summed E-state index contributed by atoms with van der Waals surface area (Å²) >= 11 is 0. The Bertz CT molecular complexity index is 383. The largest absolute Gasteiger partial charge is 0.481 e. The van der Waals surface area contributed by atoms with Gasteiger partial charge in [-0.05, 0) is 31.4 Å². The Kier molecular flexibility index (Phi) is 2.47. The number of rotatable bonds is 3. The van der Waals surface area contributed by atoms with Gasteiger partial charge in [0.1, 0.15) is 0 Å². The summed E-state index contributed by atoms with van der Waals surface area (Å²) in [6, 6.07) is 3.91. The highest BCUT2D eigenvalue weighted by molar-refractivity contribution is 5.69. The van der Waals surface area contributed by atoms with Crippen molar-refractivity contribution in [1.29, 1.82) is 0 Å². The molecule has 0 aliphatic heterocycles. The van der Waals surface area contributed by atoms with Gasteiger partial charge in [-0.3, -0.25) is 9.78 Å². The van der Waals surface area contributed by atoms with Crippen LogP contribution in [0, 0.1) is 6.92 Å². The zero-order valence-electron chi connectivity index (χ0n) is 8.86. The van der Waals surface area contributed by atoms with Gasteiger partial charge in [0.25, 0.3) is 0 Å². The quantitative estimate of drug-likeness (QED) is 0.823. The standard InChI is InChI=1S/C12H15NO2/c1-9-10(4-2-7-13-9)12(5-3-6-12)8-11(14)15/h2,4,7H,3,5-6,8H2,1H3,(H,14,15). The molecular formula is C12H15NO2. The van der Waals surface area contributed by atoms with E-state index in [0.717, 1.165) is 30.5 Å². The van der Waals surface area contributed by atoms with E-state index in [2.05, 4.69) is 4.98 Å². The maximum Gasteiger partial charge on any atom is 0.304 e. The van der Waals surface area contributed by atoms with Crippen LogP contribution in [0.3, 0.4) is 0 Å². The second-order valence-electron chi connectivity index (χ2n) is 4.34. The van der Waals surface area contributed by atoms with Gasteiger partial charge >= 0.3 is 5.97 Å². The molecule has 3 heteroatoms. The molecule has 0 bridgehead atoms. The molecule has 0 unspecified atom stereocenters. The number of hydrogen-bond donors (Lipinski definition) is 1. The van der Waals surface area contributed by atoms with Crippen LogP contribution in [0.2, 0.25) is 0 Å². The van der Waals surface area contributed by atoms with E-state index in [9.17, 15) is 4.79 Å². The fourth-order valence-electron chi connectivity index (χ4n) is 2.48. The van der Waals surface area contributed by atoms with Crippen LogP contribution in [0.4, 0.5) is 0 Å². The molecule has 80 valence electrons. The molecule has 0 amide bonds. The van der Waals surface area contributed by atoms with Crippen LogP contribution in [0.1, 0.15) is 36.9 Å². The summed E-state index contributed by atoms with van der Waals surface area (Å²) in [5, 5.41) is 8.95. The molecule has 1 N–H and O–H groups in total. The Morgan fingerprint density at radius 1 is 1.60 bits per heavy atom. The van der Waals surface area contributed by atoms with Gasteiger partial charge in [-0.2, -0.15) is 0 Å². The lowest BCUT2D eigenvalue weighted by Crippen LogP contribution is -2.37. The molecular weight excluding hydrogens is 190 g/mol. The molecule has 1 aromatic rings. The number of aromatic nitrogens is 1. The summed E-state index contributed by atoms with van der Waals surface area (Å²) in [6.07, 6.45) is 5.07. The van der Waals surface area contributed by atoms with Crippen LogP contribution in [-0.4, -0.2) is 16.1 Å². The van der Waals surface area contributed by atoms with Gasteiger partial charge in [-0.1, -0.05) is 12.5 Å². The topological polar surface area (TPSA) is 50.2 Å². The second-order valence-corrected chi connectivity index (χ2v) is 4.34. The molecule has 1 aliphatic rings. The van der Waals surface area contributed by atoms with E-state index in [0.29, 0.717) is 0 Å². The summed E-state index contributed by atoms with van der Waals surface area (Å²) < 4.78 is 0. The van der Waals surface area contributed by atoms with Gasteiger partial charge < -0.3 is 5.11 Å². The first-order valence-corrected chi connectivity index (χ1v) is 5.28. The zero-order chi connectivity index (χ0) is 10.9. The zero-order valence-corrected chi connectivity index (χ0v) is 8.86. The van der Waals surface area contributed by atoms with Gasteiger partial charge in [0.15, 0.2) is 0 Å². The Balaban J connectivity index is 2.34. The summed E-state index contributed by atoms with van der Waals surface area (Å²) in [6.45, 7) is 1.96. The molecule has 1 aromatic heterocycles. The molecule has 0 saturated heterocycles. The first kappa shape index (κ1) is 10.1. The van der Waals surface area contributed by atoms with Crippen molar-refractivity contribution in [1.82, 2.24) is 4.98 Å². The molecule has 15 heavy (non-hydrogen) atoms. The van der Waals surface area contributed by atoms with Gasteiger partial charge in [-0.15, -0.1) is 0 Å². The predicted octanol–water partition coefficient (Wildman–Crippen LogP) is 2.29. The summed E-state index contributed by atoms with van der Waals surface area (Å²) in [5.41, 5.74) is 1.96. The van der Waals surface area contributed by atoms with Crippen molar-refractivity contribution >= 4 is 5.97 Å². The average Bonchev–Trinajstić information content (AvgIpc) is 2.12. The van der Waals surface area contributed by atoms with Crippen LogP contribution in [0.5, 0.6) is 0 Å². The van der Waals surface area contributed by atoms with E-state index < -0.39 is 5.97 Å². The smallest absolute Gasteiger partial charge is 0.304 e. The second kappa shape index (κ2) is 3.65. The third-order valence-electron chi connectivity index (χ3n) is 3.38. The van der Waals surface area contributed by atoms with Crippen molar-refractivity contribution in [3.8, 4) is 0 Å². The number of aryl methyl sites for hydroxylation is 1. The van der Waals surface area contributed by atoms with Crippen molar-refractivity contribution < 1.29 is 9.90 Å². The molecule has 0 aromatic carbocycles. The van der Waals surface area contributed by atoms with E-state index in [1.54, 1.807) is 6.20 Å². The summed E-state index contributed by atoms with van der Waals surface area (Å²) in [5.74, 6) is -0.710. The Labute approximate surface area is 89.2 Å². The van der Waals surface area contributed by atoms with Crippen LogP contribution < -0.4 is 0 Å². The molecule has 0 atom stereocenters. The molecule has 1 fully saturated rings. The Hall–Kier alpha value is -1.38. The fourth-order valence-corrected chi connectivity index (χ4v) is 2.48. The minimum Gasteiger partial charge on any atom is -0.481 e. The predicted molar refractivity (Wildman–Crippen MR) is 56.8 cm³/mol. The number of carboxylic acids is 1. The van der Waals surface area contributed by atoms with Gasteiger partial charge in [0.05, 0.1) is 6.42 Å². The van der Waals surface area contributed by atoms with Crippen molar-refractivity contribution in [2.45, 2.75) is 38.0 Å². The highest BCUT2D eigenvalue weighted by Crippen LogP contribution is 2.47. The van der Waals surface area contributed by atoms with E-state index in [1.165, 1.54) is 0 Å². The number of pyridine rings is 1. The van der Waals surface area contributed by atoms with Crippen molar-refractivity contribution in [2.75, 3.05) is 0 Å². The Morgan fingerprint density at radius 2 is 2.33 bits per heavy atom. The van der Waals surface area contributed by atoms with Crippen LogP contribution in [0.25, 0.3) is 0 Å². The van der Waals surface area contributed by atoms with E-state index in [4.69, 9.17) is 5.11 Å². The molecule has 3 nitrogen and oxygen atoms in total. The molecule has 1 aliphatic carbocycles. The monoisotopic (exact) mass is 205 g/mol. The lowest BCUT2D eigenvalue weighted by atomic mass is 9.62. The minimum absolute atomic E-state index is 0.135. The SMILES string of the molecule is Cc1ncccc1C1(CC(=O)O)CCC1. The van der Waals surface area contributed by atoms with E-state index >= 15 is 0 Å². The minimum atomic E-state index is -0.710. The number of carboxylic acid groups (broad SMARTS) is 1. The maximum atomic E-state index is 10.9. The number of aliphatic carboxylic acids is 1. The lowest BCUT2D eigenvalue weighted by Gasteiger charge is -2.41.